The highest BCUT2D eigenvalue weighted by Gasteiger charge is 2.30. The molecule has 0 unspecified atom stereocenters. The minimum Gasteiger partial charge on any atom is -0.384 e. The number of nitrogens with one attached hydrogen (secondary N) is 7. The molecule has 3 atom stereocenters. The Balaban J connectivity index is 2.16. The molecule has 0 aliphatic carbocycles. The van der Waals surface area contributed by atoms with Crippen molar-refractivity contribution in [3.63, 3.8) is 0 Å². The van der Waals surface area contributed by atoms with Crippen LogP contribution in [0.25, 0.3) is 0 Å². The van der Waals surface area contributed by atoms with Gasteiger partial charge in [-0.25, -0.2) is 10.9 Å². The molecule has 0 fully saturated rings. The normalized spacial score (nSPS) is 13.2. The minimum absolute atomic E-state index is 0.0686. The van der Waals surface area contributed by atoms with E-state index in [1.807, 2.05) is 0 Å². The molecule has 16 nitrogen and oxygen atoms in total. The number of hydrazine groups is 1. The van der Waals surface area contributed by atoms with E-state index in [0.717, 1.165) is 5.56 Å². The van der Waals surface area contributed by atoms with Crippen molar-refractivity contribution in [2.75, 3.05) is 13.1 Å². The van der Waals surface area contributed by atoms with Gasteiger partial charge in [0, 0.05) is 18.5 Å². The van der Waals surface area contributed by atoms with E-state index < -0.39 is 54.1 Å². The van der Waals surface area contributed by atoms with E-state index in [9.17, 15) is 19.2 Å². The first-order valence-electron chi connectivity index (χ1n) is 16.6. The summed E-state index contributed by atoms with van der Waals surface area (Å²) < 4.78 is 0. The molecule has 0 radical (unpaired) electrons. The Morgan fingerprint density at radius 1 is 0.765 bits per heavy atom. The van der Waals surface area contributed by atoms with Gasteiger partial charge in [0.25, 0.3) is 0 Å². The number of hydrogen-bond acceptors (Lipinski definition) is 13. The number of amides is 2. The number of Topliss-reactive ketones (excluding diaryl/α,β-unsaturated/α-hetero) is 2. The van der Waals surface area contributed by atoms with Gasteiger partial charge in [0.2, 0.25) is 23.4 Å². The molecule has 51 heavy (non-hydrogen) atoms. The Bertz CT molecular complexity index is 1460. The Morgan fingerprint density at radius 2 is 1.33 bits per heavy atom. The number of carbonyl (C=O) groups excluding carboxylic acids is 4. The van der Waals surface area contributed by atoms with E-state index in [0.29, 0.717) is 42.1 Å². The second-order valence-electron chi connectivity index (χ2n) is 12.4. The number of halogens is 2. The van der Waals surface area contributed by atoms with Crippen LogP contribution in [-0.4, -0.2) is 73.0 Å². The van der Waals surface area contributed by atoms with E-state index in [1.54, 1.807) is 50.2 Å². The standard InChI is InChI=1S/C33H52Cl2N12O4/c1-18(2)27(47-46-24(5-3-13-42-32(38)39)28(49)26(48)16-20-9-12-22(34)23(35)15-20)31(51)45-25(6-4-14-43-33(40)41)30(50)44-17-19-7-10-21(11-8-19)29(36)37/h7-12,15,18,24-25,27,32-33,42-43,46-47H,3-6,13-14,16-17,38-41H2,1-2H3,(H3,36,37)(H,44,50)(H,45,51)/t24-,25-,27-/m0/s1. The SMILES string of the molecule is CC(C)[C@H](NN[C@@H](CCCNC(N)N)C(=O)C(=O)Cc1ccc(Cl)c(Cl)c1)C(=O)N[C@@H](CCCNC(N)N)C(=O)NCc1ccc(C(=N)N)cc1. The number of rotatable bonds is 24. The van der Waals surface area contributed by atoms with Crippen molar-refractivity contribution >= 4 is 52.4 Å². The molecular formula is C33H52Cl2N12O4. The van der Waals surface area contributed by atoms with E-state index in [2.05, 4.69) is 32.1 Å². The third kappa shape index (κ3) is 16.1. The van der Waals surface area contributed by atoms with Crippen molar-refractivity contribution < 1.29 is 19.2 Å². The molecule has 2 aromatic rings. The average Bonchev–Trinajstić information content (AvgIpc) is 3.07. The highest BCUT2D eigenvalue weighted by molar-refractivity contribution is 6.42. The topological polar surface area (TPSA) is 294 Å². The lowest BCUT2D eigenvalue weighted by molar-refractivity contribution is -0.138. The molecule has 0 aromatic heterocycles. The van der Waals surface area contributed by atoms with Crippen LogP contribution in [0.3, 0.4) is 0 Å². The van der Waals surface area contributed by atoms with Crippen molar-refractivity contribution in [1.82, 2.24) is 32.1 Å². The van der Waals surface area contributed by atoms with Crippen LogP contribution in [0.4, 0.5) is 0 Å². The summed E-state index contributed by atoms with van der Waals surface area (Å²) >= 11 is 12.1. The number of benzene rings is 2. The van der Waals surface area contributed by atoms with Gasteiger partial charge >= 0.3 is 0 Å². The van der Waals surface area contributed by atoms with Crippen molar-refractivity contribution in [3.8, 4) is 0 Å². The van der Waals surface area contributed by atoms with Crippen LogP contribution < -0.4 is 60.8 Å². The Kier molecular flexibility index (Phi) is 19.2. The van der Waals surface area contributed by atoms with Gasteiger partial charge in [-0.2, -0.15) is 0 Å². The summed E-state index contributed by atoms with van der Waals surface area (Å²) in [6.07, 6.45) is -0.327. The first-order valence-corrected chi connectivity index (χ1v) is 17.4. The zero-order valence-electron chi connectivity index (χ0n) is 28.9. The van der Waals surface area contributed by atoms with Crippen LogP contribution in [0.1, 0.15) is 56.2 Å². The van der Waals surface area contributed by atoms with Gasteiger partial charge in [-0.1, -0.05) is 67.4 Å². The fraction of sp³-hybridized carbons (Fsp3) is 0.485. The molecule has 0 heterocycles. The van der Waals surface area contributed by atoms with Gasteiger partial charge in [-0.05, 0) is 68.0 Å². The Morgan fingerprint density at radius 3 is 1.86 bits per heavy atom. The number of amidine groups is 1. The highest BCUT2D eigenvalue weighted by atomic mass is 35.5. The van der Waals surface area contributed by atoms with Crippen LogP contribution >= 0.6 is 23.2 Å². The van der Waals surface area contributed by atoms with Gasteiger partial charge in [-0.15, -0.1) is 0 Å². The van der Waals surface area contributed by atoms with Crippen molar-refractivity contribution in [2.45, 2.75) is 83.2 Å². The number of carbonyl (C=O) groups is 4. The lowest BCUT2D eigenvalue weighted by Crippen LogP contribution is -2.60. The number of nitrogen functional groups attached to an aromatic ring is 1. The maximum atomic E-state index is 13.7. The average molecular weight is 752 g/mol. The van der Waals surface area contributed by atoms with Crippen LogP contribution in [0.2, 0.25) is 10.0 Å². The molecule has 17 N–H and O–H groups in total. The van der Waals surface area contributed by atoms with Crippen LogP contribution in [0.5, 0.6) is 0 Å². The Hall–Kier alpha value is -3.55. The maximum Gasteiger partial charge on any atom is 0.242 e. The minimum atomic E-state index is -1.01. The van der Waals surface area contributed by atoms with Crippen molar-refractivity contribution in [2.24, 2.45) is 34.6 Å². The van der Waals surface area contributed by atoms with E-state index in [1.165, 1.54) is 6.07 Å². The maximum absolute atomic E-state index is 13.7. The summed E-state index contributed by atoms with van der Waals surface area (Å²) in [7, 11) is 0. The fourth-order valence-corrected chi connectivity index (χ4v) is 5.23. The fourth-order valence-electron chi connectivity index (χ4n) is 4.91. The zero-order valence-corrected chi connectivity index (χ0v) is 30.4. The third-order valence-electron chi connectivity index (χ3n) is 7.77. The third-order valence-corrected chi connectivity index (χ3v) is 8.51. The summed E-state index contributed by atoms with van der Waals surface area (Å²) in [5.41, 5.74) is 35.5. The second-order valence-corrected chi connectivity index (χ2v) is 13.2. The van der Waals surface area contributed by atoms with Gasteiger partial charge in [0.05, 0.1) is 16.1 Å². The zero-order chi connectivity index (χ0) is 38.1. The van der Waals surface area contributed by atoms with Crippen LogP contribution in [0, 0.1) is 11.3 Å². The smallest absolute Gasteiger partial charge is 0.242 e. The number of ketones is 2. The van der Waals surface area contributed by atoms with Gasteiger partial charge in [0.15, 0.2) is 0 Å². The van der Waals surface area contributed by atoms with Gasteiger partial charge < -0.3 is 39.3 Å². The Labute approximate surface area is 308 Å². The molecule has 2 amide bonds. The second kappa shape index (κ2) is 22.4. The molecule has 0 bridgehead atoms. The molecular weight excluding hydrogens is 699 g/mol. The predicted molar refractivity (Wildman–Crippen MR) is 199 cm³/mol. The lowest BCUT2D eigenvalue weighted by atomic mass is 9.99. The van der Waals surface area contributed by atoms with Crippen molar-refractivity contribution in [1.29, 1.82) is 5.41 Å². The van der Waals surface area contributed by atoms with Crippen LogP contribution in [0.15, 0.2) is 42.5 Å². The summed E-state index contributed by atoms with van der Waals surface area (Å²) in [6, 6.07) is 8.69. The summed E-state index contributed by atoms with van der Waals surface area (Å²) in [6.45, 7) is 4.54. The molecule has 2 aromatic carbocycles. The first kappa shape index (κ1) is 43.6. The summed E-state index contributed by atoms with van der Waals surface area (Å²) in [5.74, 6) is -2.67. The molecule has 0 spiro atoms. The van der Waals surface area contributed by atoms with E-state index in [-0.39, 0.29) is 42.6 Å². The molecule has 0 saturated carbocycles. The molecule has 0 aliphatic heterocycles. The van der Waals surface area contributed by atoms with E-state index in [4.69, 9.17) is 57.3 Å². The van der Waals surface area contributed by atoms with Crippen LogP contribution in [-0.2, 0) is 32.1 Å². The van der Waals surface area contributed by atoms with Gasteiger partial charge in [0.1, 0.15) is 30.5 Å². The number of hydrogen-bond donors (Lipinski definition) is 12. The lowest BCUT2D eigenvalue weighted by Gasteiger charge is -2.28. The molecule has 282 valence electrons. The largest absolute Gasteiger partial charge is 0.384 e. The highest BCUT2D eigenvalue weighted by Crippen LogP contribution is 2.23. The van der Waals surface area contributed by atoms with Crippen molar-refractivity contribution in [3.05, 3.63) is 69.2 Å². The monoisotopic (exact) mass is 750 g/mol. The van der Waals surface area contributed by atoms with Gasteiger partial charge in [-0.3, -0.25) is 35.2 Å². The quantitative estimate of drug-likeness (QED) is 0.0159. The summed E-state index contributed by atoms with van der Waals surface area (Å²) in [5, 5.41) is 19.5. The molecule has 2 rings (SSSR count). The number of nitrogens with two attached hydrogens (primary N) is 5. The first-order chi connectivity index (χ1) is 24.1. The van der Waals surface area contributed by atoms with E-state index >= 15 is 0 Å². The summed E-state index contributed by atoms with van der Waals surface area (Å²) in [4.78, 5) is 53.5. The molecule has 0 aliphatic rings. The predicted octanol–water partition coefficient (Wildman–Crippen LogP) is -0.612. The molecule has 18 heteroatoms. The molecule has 0 saturated heterocycles.